The molecule has 2 amide bonds. The van der Waals surface area contributed by atoms with Crippen molar-refractivity contribution < 1.29 is 14.3 Å². The maximum Gasteiger partial charge on any atom is 0.322 e. The SMILES string of the molecule is CC1CCCCN1CCCN(Cc1ccc2c(c1)OCO2)C(=O)Nc1cccc(Cl)c1Cl. The van der Waals surface area contributed by atoms with Crippen LogP contribution in [0.4, 0.5) is 10.5 Å². The number of likely N-dealkylation sites (tertiary alicyclic amines) is 1. The molecule has 0 bridgehead atoms. The molecule has 0 aromatic heterocycles. The van der Waals surface area contributed by atoms with Crippen molar-refractivity contribution in [1.29, 1.82) is 0 Å². The highest BCUT2D eigenvalue weighted by atomic mass is 35.5. The van der Waals surface area contributed by atoms with E-state index in [2.05, 4.69) is 17.1 Å². The van der Waals surface area contributed by atoms with Gasteiger partial charge in [-0.25, -0.2) is 4.79 Å². The lowest BCUT2D eigenvalue weighted by Gasteiger charge is -2.34. The minimum absolute atomic E-state index is 0.210. The summed E-state index contributed by atoms with van der Waals surface area (Å²) in [6.07, 6.45) is 4.69. The van der Waals surface area contributed by atoms with Gasteiger partial charge in [-0.1, -0.05) is 41.8 Å². The monoisotopic (exact) mass is 477 g/mol. The Bertz CT molecular complexity index is 956. The van der Waals surface area contributed by atoms with E-state index in [1.165, 1.54) is 19.3 Å². The number of nitrogens with one attached hydrogen (secondary N) is 1. The number of benzene rings is 2. The lowest BCUT2D eigenvalue weighted by molar-refractivity contribution is 0.150. The van der Waals surface area contributed by atoms with Crippen molar-refractivity contribution in [2.24, 2.45) is 0 Å². The van der Waals surface area contributed by atoms with Gasteiger partial charge in [0, 0.05) is 25.7 Å². The molecule has 32 heavy (non-hydrogen) atoms. The Morgan fingerprint density at radius 2 is 2.03 bits per heavy atom. The molecule has 6 nitrogen and oxygen atoms in total. The molecule has 2 heterocycles. The summed E-state index contributed by atoms with van der Waals surface area (Å²) in [5, 5.41) is 3.67. The number of ether oxygens (including phenoxy) is 2. The molecule has 2 aromatic carbocycles. The Balaban J connectivity index is 1.45. The van der Waals surface area contributed by atoms with Crippen molar-refractivity contribution in [2.75, 3.05) is 31.7 Å². The van der Waals surface area contributed by atoms with Gasteiger partial charge in [0.1, 0.15) is 0 Å². The Morgan fingerprint density at radius 3 is 2.88 bits per heavy atom. The third kappa shape index (κ3) is 5.61. The molecule has 1 N–H and O–H groups in total. The fourth-order valence-electron chi connectivity index (χ4n) is 4.26. The smallest absolute Gasteiger partial charge is 0.322 e. The fraction of sp³-hybridized carbons (Fsp3) is 0.458. The molecular weight excluding hydrogens is 449 g/mol. The van der Waals surface area contributed by atoms with E-state index < -0.39 is 0 Å². The van der Waals surface area contributed by atoms with Crippen molar-refractivity contribution in [3.63, 3.8) is 0 Å². The molecule has 8 heteroatoms. The molecule has 2 aromatic rings. The van der Waals surface area contributed by atoms with Gasteiger partial charge >= 0.3 is 6.03 Å². The van der Waals surface area contributed by atoms with Gasteiger partial charge in [0.05, 0.1) is 15.7 Å². The van der Waals surface area contributed by atoms with Crippen LogP contribution in [0.5, 0.6) is 11.5 Å². The molecule has 0 radical (unpaired) electrons. The summed E-state index contributed by atoms with van der Waals surface area (Å²) in [6.45, 7) is 5.71. The number of fused-ring (bicyclic) bond motifs is 1. The summed E-state index contributed by atoms with van der Waals surface area (Å²) in [4.78, 5) is 17.5. The van der Waals surface area contributed by atoms with Crippen LogP contribution in [0.1, 0.15) is 38.2 Å². The summed E-state index contributed by atoms with van der Waals surface area (Å²) in [5.41, 5.74) is 1.48. The van der Waals surface area contributed by atoms with Gasteiger partial charge in [-0.3, -0.25) is 0 Å². The minimum atomic E-state index is -0.210. The average molecular weight is 478 g/mol. The number of nitrogens with zero attached hydrogens (tertiary/aromatic N) is 2. The largest absolute Gasteiger partial charge is 0.454 e. The number of hydrogen-bond acceptors (Lipinski definition) is 4. The summed E-state index contributed by atoms with van der Waals surface area (Å²) in [6, 6.07) is 11.4. The van der Waals surface area contributed by atoms with Crippen molar-refractivity contribution in [1.82, 2.24) is 9.80 Å². The van der Waals surface area contributed by atoms with E-state index in [1.54, 1.807) is 18.2 Å². The van der Waals surface area contributed by atoms with Crippen LogP contribution in [0.3, 0.4) is 0 Å². The second kappa shape index (κ2) is 10.6. The van der Waals surface area contributed by atoms with Gasteiger partial charge < -0.3 is 24.6 Å². The van der Waals surface area contributed by atoms with Crippen molar-refractivity contribution >= 4 is 34.9 Å². The minimum Gasteiger partial charge on any atom is -0.454 e. The molecule has 1 atom stereocenters. The molecule has 1 saturated heterocycles. The van der Waals surface area contributed by atoms with E-state index in [0.717, 1.165) is 30.8 Å². The summed E-state index contributed by atoms with van der Waals surface area (Å²) >= 11 is 12.4. The number of piperidine rings is 1. The van der Waals surface area contributed by atoms with Gasteiger partial charge in [0.15, 0.2) is 11.5 Å². The lowest BCUT2D eigenvalue weighted by Crippen LogP contribution is -2.40. The van der Waals surface area contributed by atoms with E-state index >= 15 is 0 Å². The van der Waals surface area contributed by atoms with Gasteiger partial charge in [-0.05, 0) is 62.6 Å². The summed E-state index contributed by atoms with van der Waals surface area (Å²) in [5.74, 6) is 1.44. The third-order valence-electron chi connectivity index (χ3n) is 6.10. The zero-order valence-electron chi connectivity index (χ0n) is 18.3. The predicted molar refractivity (Wildman–Crippen MR) is 128 cm³/mol. The number of carbonyl (C=O) groups excluding carboxylic acids is 1. The summed E-state index contributed by atoms with van der Waals surface area (Å²) < 4.78 is 10.9. The van der Waals surface area contributed by atoms with Crippen LogP contribution in [0, 0.1) is 0 Å². The highest BCUT2D eigenvalue weighted by Gasteiger charge is 2.21. The van der Waals surface area contributed by atoms with Crippen LogP contribution < -0.4 is 14.8 Å². The average Bonchev–Trinajstić information content (AvgIpc) is 3.25. The van der Waals surface area contributed by atoms with E-state index in [1.807, 2.05) is 23.1 Å². The molecule has 1 unspecified atom stereocenters. The Labute approximate surface area is 199 Å². The number of carbonyl (C=O) groups is 1. The molecule has 172 valence electrons. The third-order valence-corrected chi connectivity index (χ3v) is 6.92. The second-order valence-corrected chi connectivity index (χ2v) is 9.16. The number of halogens is 2. The van der Waals surface area contributed by atoms with Crippen LogP contribution in [0.25, 0.3) is 0 Å². The van der Waals surface area contributed by atoms with E-state index in [4.69, 9.17) is 32.7 Å². The highest BCUT2D eigenvalue weighted by Crippen LogP contribution is 2.33. The lowest BCUT2D eigenvalue weighted by atomic mass is 10.0. The number of hydrogen-bond donors (Lipinski definition) is 1. The van der Waals surface area contributed by atoms with Crippen LogP contribution in [0.15, 0.2) is 36.4 Å². The molecule has 0 spiro atoms. The first kappa shape index (κ1) is 23.0. The predicted octanol–water partition coefficient (Wildman–Crippen LogP) is 6.02. The van der Waals surface area contributed by atoms with Crippen molar-refractivity contribution in [3.05, 3.63) is 52.0 Å². The van der Waals surface area contributed by atoms with Crippen LogP contribution >= 0.6 is 23.2 Å². The second-order valence-electron chi connectivity index (χ2n) is 8.38. The van der Waals surface area contributed by atoms with E-state index in [9.17, 15) is 4.79 Å². The number of urea groups is 1. The van der Waals surface area contributed by atoms with Gasteiger partial charge in [-0.15, -0.1) is 0 Å². The Morgan fingerprint density at radius 1 is 1.19 bits per heavy atom. The highest BCUT2D eigenvalue weighted by molar-refractivity contribution is 6.43. The maximum atomic E-state index is 13.2. The fourth-order valence-corrected chi connectivity index (χ4v) is 4.61. The summed E-state index contributed by atoms with van der Waals surface area (Å²) in [7, 11) is 0. The Kier molecular flexibility index (Phi) is 7.66. The van der Waals surface area contributed by atoms with Crippen LogP contribution in [-0.2, 0) is 6.54 Å². The number of amides is 2. The van der Waals surface area contributed by atoms with E-state index in [-0.39, 0.29) is 12.8 Å². The Hall–Kier alpha value is -2.15. The standard InChI is InChI=1S/C24H29Cl2N3O3/c1-17-6-2-3-11-28(17)12-5-13-29(15-18-9-10-21-22(14-18)32-16-31-21)24(30)27-20-8-4-7-19(25)23(20)26/h4,7-10,14,17H,2-3,5-6,11-13,15-16H2,1H3,(H,27,30). The van der Waals surface area contributed by atoms with Gasteiger partial charge in [0.25, 0.3) is 0 Å². The number of anilines is 1. The van der Waals surface area contributed by atoms with Crippen molar-refractivity contribution in [2.45, 2.75) is 45.2 Å². The molecule has 2 aliphatic heterocycles. The molecule has 2 aliphatic rings. The molecular formula is C24H29Cl2N3O3. The molecule has 0 aliphatic carbocycles. The van der Waals surface area contributed by atoms with E-state index in [0.29, 0.717) is 40.6 Å². The first-order valence-electron chi connectivity index (χ1n) is 11.1. The zero-order chi connectivity index (χ0) is 22.5. The quantitative estimate of drug-likeness (QED) is 0.529. The first-order chi connectivity index (χ1) is 15.5. The van der Waals surface area contributed by atoms with Gasteiger partial charge in [-0.2, -0.15) is 0 Å². The number of rotatable bonds is 7. The van der Waals surface area contributed by atoms with Gasteiger partial charge in [0.2, 0.25) is 6.79 Å². The molecule has 0 saturated carbocycles. The topological polar surface area (TPSA) is 54.0 Å². The first-order valence-corrected chi connectivity index (χ1v) is 11.9. The van der Waals surface area contributed by atoms with Crippen LogP contribution in [0.2, 0.25) is 10.0 Å². The molecule has 4 rings (SSSR count). The maximum absolute atomic E-state index is 13.2. The van der Waals surface area contributed by atoms with Crippen LogP contribution in [-0.4, -0.2) is 48.3 Å². The normalized spacial score (nSPS) is 17.9. The zero-order valence-corrected chi connectivity index (χ0v) is 19.8. The van der Waals surface area contributed by atoms with Crippen molar-refractivity contribution in [3.8, 4) is 11.5 Å². The molecule has 1 fully saturated rings.